The van der Waals surface area contributed by atoms with Crippen LogP contribution in [0.25, 0.3) is 10.7 Å². The van der Waals surface area contributed by atoms with Gasteiger partial charge in [0.15, 0.2) is 10.8 Å². The number of aromatic nitrogens is 3. The Morgan fingerprint density at radius 1 is 1.16 bits per heavy atom. The monoisotopic (exact) mass is 357 g/mol. The van der Waals surface area contributed by atoms with Gasteiger partial charge in [0.05, 0.1) is 6.26 Å². The highest BCUT2D eigenvalue weighted by molar-refractivity contribution is 7.18. The number of carbonyl (C=O) groups is 2. The van der Waals surface area contributed by atoms with Crippen LogP contribution in [0.3, 0.4) is 0 Å². The van der Waals surface area contributed by atoms with Crippen LogP contribution in [0, 0.1) is 0 Å². The molecule has 0 saturated heterocycles. The minimum atomic E-state index is -0.297. The zero-order chi connectivity index (χ0) is 17.5. The molecule has 0 aliphatic heterocycles. The molecule has 0 aromatic carbocycles. The molecule has 0 fully saturated rings. The number of hydrogen-bond donors (Lipinski definition) is 2. The van der Waals surface area contributed by atoms with Gasteiger partial charge in [-0.05, 0) is 30.7 Å². The van der Waals surface area contributed by atoms with Crippen LogP contribution in [-0.4, -0.2) is 33.5 Å². The molecule has 2 N–H and O–H groups in total. The van der Waals surface area contributed by atoms with Gasteiger partial charge in [-0.2, -0.15) is 0 Å². The Morgan fingerprint density at radius 2 is 2.08 bits per heavy atom. The van der Waals surface area contributed by atoms with Gasteiger partial charge in [0.25, 0.3) is 5.91 Å². The molecular formula is C16H15N5O3S. The van der Waals surface area contributed by atoms with E-state index < -0.39 is 0 Å². The Hall–Kier alpha value is -3.07. The molecule has 0 spiro atoms. The summed E-state index contributed by atoms with van der Waals surface area (Å²) in [6, 6.07) is 8.73. The van der Waals surface area contributed by atoms with E-state index in [0.29, 0.717) is 28.8 Å². The molecule has 0 aliphatic carbocycles. The van der Waals surface area contributed by atoms with Crippen LogP contribution in [0.2, 0.25) is 0 Å². The summed E-state index contributed by atoms with van der Waals surface area (Å²) >= 11 is 1.26. The average Bonchev–Trinajstić information content (AvgIpc) is 3.31. The van der Waals surface area contributed by atoms with Gasteiger partial charge in [0.1, 0.15) is 5.69 Å². The number of anilines is 1. The number of rotatable bonds is 7. The summed E-state index contributed by atoms with van der Waals surface area (Å²) < 4.78 is 4.98. The van der Waals surface area contributed by atoms with E-state index in [9.17, 15) is 9.59 Å². The first-order chi connectivity index (χ1) is 12.2. The van der Waals surface area contributed by atoms with Crippen molar-refractivity contribution in [2.45, 2.75) is 12.8 Å². The van der Waals surface area contributed by atoms with E-state index in [4.69, 9.17) is 4.42 Å². The molecule has 3 aromatic rings. The van der Waals surface area contributed by atoms with Crippen LogP contribution in [0.15, 0.2) is 47.2 Å². The molecule has 0 aliphatic rings. The minimum Gasteiger partial charge on any atom is -0.459 e. The molecule has 128 valence electrons. The van der Waals surface area contributed by atoms with E-state index in [2.05, 4.69) is 25.8 Å². The third-order valence-corrected chi connectivity index (χ3v) is 4.03. The summed E-state index contributed by atoms with van der Waals surface area (Å²) in [6.07, 6.45) is 3.87. The van der Waals surface area contributed by atoms with Gasteiger partial charge >= 0.3 is 0 Å². The van der Waals surface area contributed by atoms with E-state index in [0.717, 1.165) is 0 Å². The van der Waals surface area contributed by atoms with Crippen molar-refractivity contribution in [2.24, 2.45) is 0 Å². The fourth-order valence-corrected chi connectivity index (χ4v) is 2.73. The second-order valence-corrected chi connectivity index (χ2v) is 5.99. The third kappa shape index (κ3) is 4.70. The van der Waals surface area contributed by atoms with E-state index in [1.165, 1.54) is 17.6 Å². The largest absolute Gasteiger partial charge is 0.459 e. The van der Waals surface area contributed by atoms with Crippen molar-refractivity contribution in [3.63, 3.8) is 0 Å². The smallest absolute Gasteiger partial charge is 0.286 e. The van der Waals surface area contributed by atoms with E-state index >= 15 is 0 Å². The summed E-state index contributed by atoms with van der Waals surface area (Å²) in [5.41, 5.74) is 0.709. The lowest BCUT2D eigenvalue weighted by atomic mass is 10.3. The zero-order valence-electron chi connectivity index (χ0n) is 13.1. The number of furan rings is 1. The van der Waals surface area contributed by atoms with Gasteiger partial charge in [-0.1, -0.05) is 17.4 Å². The Morgan fingerprint density at radius 3 is 2.84 bits per heavy atom. The molecule has 25 heavy (non-hydrogen) atoms. The third-order valence-electron chi connectivity index (χ3n) is 3.17. The number of amides is 2. The molecular weight excluding hydrogens is 342 g/mol. The first-order valence-electron chi connectivity index (χ1n) is 7.59. The van der Waals surface area contributed by atoms with Gasteiger partial charge in [0.2, 0.25) is 11.0 Å². The summed E-state index contributed by atoms with van der Waals surface area (Å²) in [4.78, 5) is 27.8. The quantitative estimate of drug-likeness (QED) is 0.628. The van der Waals surface area contributed by atoms with Gasteiger partial charge < -0.3 is 15.1 Å². The molecule has 2 amide bonds. The highest BCUT2D eigenvalue weighted by Crippen LogP contribution is 2.24. The van der Waals surface area contributed by atoms with Gasteiger partial charge in [-0.15, -0.1) is 10.2 Å². The van der Waals surface area contributed by atoms with Gasteiger partial charge in [-0.25, -0.2) is 0 Å². The summed E-state index contributed by atoms with van der Waals surface area (Å²) in [7, 11) is 0. The summed E-state index contributed by atoms with van der Waals surface area (Å²) in [6.45, 7) is 0.377. The highest BCUT2D eigenvalue weighted by Gasteiger charge is 2.11. The SMILES string of the molecule is O=C(CCCNC(=O)c1ccco1)Nc1nnc(-c2ccccn2)s1. The average molecular weight is 357 g/mol. The van der Waals surface area contributed by atoms with Crippen LogP contribution in [0.4, 0.5) is 5.13 Å². The number of pyridine rings is 1. The molecule has 0 radical (unpaired) electrons. The highest BCUT2D eigenvalue weighted by atomic mass is 32.1. The van der Waals surface area contributed by atoms with E-state index in [-0.39, 0.29) is 24.0 Å². The molecule has 3 rings (SSSR count). The molecule has 0 unspecified atom stereocenters. The number of hydrogen-bond acceptors (Lipinski definition) is 7. The first kappa shape index (κ1) is 16.8. The Balaban J connectivity index is 1.41. The van der Waals surface area contributed by atoms with Crippen molar-refractivity contribution in [1.82, 2.24) is 20.5 Å². The predicted octanol–water partition coefficient (Wildman–Crippen LogP) is 2.34. The van der Waals surface area contributed by atoms with Crippen molar-refractivity contribution in [3.05, 3.63) is 48.6 Å². The number of nitrogens with zero attached hydrogens (tertiary/aromatic N) is 3. The Kier molecular flexibility index (Phi) is 5.47. The number of carbonyl (C=O) groups excluding carboxylic acids is 2. The van der Waals surface area contributed by atoms with Crippen molar-refractivity contribution in [2.75, 3.05) is 11.9 Å². The molecule has 0 atom stereocenters. The zero-order valence-corrected chi connectivity index (χ0v) is 14.0. The van der Waals surface area contributed by atoms with Crippen LogP contribution in [0.5, 0.6) is 0 Å². The molecule has 3 heterocycles. The standard InChI is InChI=1S/C16H15N5O3S/c22-13(7-3-9-18-14(23)12-6-4-10-24-12)19-16-21-20-15(25-16)11-5-1-2-8-17-11/h1-2,4-6,8,10H,3,7,9H2,(H,18,23)(H,19,21,22). The fraction of sp³-hybridized carbons (Fsp3) is 0.188. The second-order valence-electron chi connectivity index (χ2n) is 5.01. The maximum atomic E-state index is 11.9. The minimum absolute atomic E-state index is 0.184. The van der Waals surface area contributed by atoms with Crippen LogP contribution >= 0.6 is 11.3 Å². The summed E-state index contributed by atoms with van der Waals surface area (Å²) in [5.74, 6) is -0.231. The predicted molar refractivity (Wildman–Crippen MR) is 92.0 cm³/mol. The van der Waals surface area contributed by atoms with Crippen molar-refractivity contribution >= 4 is 28.3 Å². The van der Waals surface area contributed by atoms with Crippen LogP contribution < -0.4 is 10.6 Å². The fourth-order valence-electron chi connectivity index (χ4n) is 1.99. The Labute approximate surface area is 147 Å². The molecule has 0 bridgehead atoms. The second kappa shape index (κ2) is 8.15. The van der Waals surface area contributed by atoms with Crippen molar-refractivity contribution in [1.29, 1.82) is 0 Å². The molecule has 0 saturated carbocycles. The van der Waals surface area contributed by atoms with Crippen molar-refractivity contribution in [3.8, 4) is 10.7 Å². The molecule has 8 nitrogen and oxygen atoms in total. The van der Waals surface area contributed by atoms with Crippen LogP contribution in [-0.2, 0) is 4.79 Å². The lowest BCUT2D eigenvalue weighted by Gasteiger charge is -2.03. The van der Waals surface area contributed by atoms with Gasteiger partial charge in [-0.3, -0.25) is 14.6 Å². The maximum Gasteiger partial charge on any atom is 0.286 e. The topological polar surface area (TPSA) is 110 Å². The van der Waals surface area contributed by atoms with E-state index in [1.807, 2.05) is 18.2 Å². The first-order valence-corrected chi connectivity index (χ1v) is 8.40. The Bertz CT molecular complexity index is 833. The normalized spacial score (nSPS) is 10.4. The van der Waals surface area contributed by atoms with Gasteiger partial charge in [0, 0.05) is 19.2 Å². The summed E-state index contributed by atoms with van der Waals surface area (Å²) in [5, 5.41) is 14.4. The lowest BCUT2D eigenvalue weighted by molar-refractivity contribution is -0.116. The molecule has 9 heteroatoms. The number of nitrogens with one attached hydrogen (secondary N) is 2. The van der Waals surface area contributed by atoms with Crippen molar-refractivity contribution < 1.29 is 14.0 Å². The maximum absolute atomic E-state index is 11.9. The molecule has 3 aromatic heterocycles. The van der Waals surface area contributed by atoms with Crippen LogP contribution in [0.1, 0.15) is 23.4 Å². The van der Waals surface area contributed by atoms with E-state index in [1.54, 1.807) is 18.3 Å². The lowest BCUT2D eigenvalue weighted by Crippen LogP contribution is -2.25.